The molecule has 1 aliphatic carbocycles. The monoisotopic (exact) mass is 490 g/mol. The summed E-state index contributed by atoms with van der Waals surface area (Å²) in [5.41, 5.74) is 12.1. The summed E-state index contributed by atoms with van der Waals surface area (Å²) in [6.45, 7) is 0.718. The maximum absolute atomic E-state index is 13.0. The van der Waals surface area contributed by atoms with Crippen LogP contribution in [0.15, 0.2) is 84.9 Å². The molecule has 0 saturated carbocycles. The molecule has 0 saturated heterocycles. The Morgan fingerprint density at radius 1 is 0.914 bits per heavy atom. The van der Waals surface area contributed by atoms with Crippen molar-refractivity contribution in [2.45, 2.75) is 12.5 Å². The van der Waals surface area contributed by atoms with Gasteiger partial charge in [-0.2, -0.15) is 0 Å². The summed E-state index contributed by atoms with van der Waals surface area (Å²) in [4.78, 5) is 15.5. The second-order valence-corrected chi connectivity index (χ2v) is 8.13. The fourth-order valence-corrected chi connectivity index (χ4v) is 4.27. The molecule has 0 radical (unpaired) electrons. The second-order valence-electron chi connectivity index (χ2n) is 8.13. The molecule has 5 N–H and O–H groups in total. The Morgan fingerprint density at radius 3 is 2.17 bits per heavy atom. The van der Waals surface area contributed by atoms with E-state index in [0.717, 1.165) is 16.7 Å². The average Bonchev–Trinajstić information content (AvgIpc) is 3.18. The van der Waals surface area contributed by atoms with Crippen LogP contribution in [0, 0.1) is 5.82 Å². The van der Waals surface area contributed by atoms with Gasteiger partial charge in [0.25, 0.3) is 0 Å². The average molecular weight is 491 g/mol. The SMILES string of the molecule is Nc1[nH+]c(NCc2ccc(F)cc2)ccc1NC(=O)OCC1c2ccccc2-c2ccccc21.[Cl-]. The van der Waals surface area contributed by atoms with Crippen molar-refractivity contribution in [3.05, 3.63) is 107 Å². The van der Waals surface area contributed by atoms with Gasteiger partial charge in [-0.1, -0.05) is 60.7 Å². The normalized spacial score (nSPS) is 11.7. The standard InChI is InChI=1S/C27H23FN4O2.ClH/c28-18-11-9-17(10-12-18)15-30-25-14-13-24(26(29)32-25)31-27(33)34-16-23-21-7-3-1-5-19(21)20-6-2-4-8-22(20)23;/h1-14,23H,15-16H2,(H,31,33)(H3,29,30,32);1H. The van der Waals surface area contributed by atoms with Crippen molar-refractivity contribution in [3.8, 4) is 11.1 Å². The lowest BCUT2D eigenvalue weighted by molar-refractivity contribution is -0.342. The highest BCUT2D eigenvalue weighted by Gasteiger charge is 2.29. The van der Waals surface area contributed by atoms with Crippen LogP contribution in [0.3, 0.4) is 0 Å². The van der Waals surface area contributed by atoms with Crippen molar-refractivity contribution in [3.63, 3.8) is 0 Å². The molecule has 0 bridgehead atoms. The number of hydrogen-bond acceptors (Lipinski definition) is 4. The lowest BCUT2D eigenvalue weighted by Crippen LogP contribution is -3.00. The zero-order valence-electron chi connectivity index (χ0n) is 18.7. The van der Waals surface area contributed by atoms with Crippen molar-refractivity contribution in [1.29, 1.82) is 0 Å². The lowest BCUT2D eigenvalue weighted by atomic mass is 9.98. The predicted molar refractivity (Wildman–Crippen MR) is 130 cm³/mol. The van der Waals surface area contributed by atoms with E-state index in [4.69, 9.17) is 10.5 Å². The molecule has 1 heterocycles. The maximum Gasteiger partial charge on any atom is 0.411 e. The molecule has 0 atom stereocenters. The Kier molecular flexibility index (Phi) is 7.17. The molecule has 4 aromatic rings. The minimum atomic E-state index is -0.575. The maximum atomic E-state index is 13.0. The minimum Gasteiger partial charge on any atom is -1.00 e. The lowest BCUT2D eigenvalue weighted by Gasteiger charge is -2.14. The van der Waals surface area contributed by atoms with Crippen molar-refractivity contribution in [1.82, 2.24) is 0 Å². The summed E-state index contributed by atoms with van der Waals surface area (Å²) in [6, 6.07) is 26.1. The Hall–Kier alpha value is -4.10. The fraction of sp³-hybridized carbons (Fsp3) is 0.111. The quantitative estimate of drug-likeness (QED) is 0.386. The zero-order chi connectivity index (χ0) is 23.5. The first-order valence-corrected chi connectivity index (χ1v) is 11.0. The van der Waals surface area contributed by atoms with Crippen LogP contribution in [0.2, 0.25) is 0 Å². The van der Waals surface area contributed by atoms with Crippen molar-refractivity contribution >= 4 is 23.4 Å². The van der Waals surface area contributed by atoms with Gasteiger partial charge in [-0.15, -0.1) is 0 Å². The number of nitrogens with two attached hydrogens (primary N) is 1. The van der Waals surface area contributed by atoms with E-state index in [1.807, 2.05) is 24.3 Å². The number of hydrogen-bond donors (Lipinski definition) is 3. The van der Waals surface area contributed by atoms with E-state index in [0.29, 0.717) is 18.1 Å². The number of pyridine rings is 1. The van der Waals surface area contributed by atoms with Gasteiger partial charge in [0, 0.05) is 12.0 Å². The van der Waals surface area contributed by atoms with Crippen LogP contribution in [0.1, 0.15) is 22.6 Å². The number of nitrogen functional groups attached to an aromatic ring is 1. The number of carbonyl (C=O) groups is 1. The van der Waals surface area contributed by atoms with Crippen LogP contribution in [0.5, 0.6) is 0 Å². The molecule has 178 valence electrons. The number of ether oxygens (including phenoxy) is 1. The Morgan fingerprint density at radius 2 is 1.54 bits per heavy atom. The van der Waals surface area contributed by atoms with E-state index < -0.39 is 6.09 Å². The first kappa shape index (κ1) is 24.0. The number of amides is 1. The topological polar surface area (TPSA) is 90.5 Å². The first-order valence-electron chi connectivity index (χ1n) is 11.0. The van der Waals surface area contributed by atoms with Crippen molar-refractivity contribution < 1.29 is 31.3 Å². The van der Waals surface area contributed by atoms with Crippen molar-refractivity contribution in [2.75, 3.05) is 23.0 Å². The number of fused-ring (bicyclic) bond motifs is 3. The van der Waals surface area contributed by atoms with Gasteiger partial charge in [-0.3, -0.25) is 5.32 Å². The van der Waals surface area contributed by atoms with E-state index in [-0.39, 0.29) is 36.6 Å². The number of benzene rings is 3. The smallest absolute Gasteiger partial charge is 0.411 e. The fourth-order valence-electron chi connectivity index (χ4n) is 4.27. The molecule has 5 rings (SSSR count). The van der Waals surface area contributed by atoms with Gasteiger partial charge in [0.2, 0.25) is 11.6 Å². The zero-order valence-corrected chi connectivity index (χ0v) is 19.5. The number of H-pyrrole nitrogens is 1. The minimum absolute atomic E-state index is 0. The second kappa shape index (κ2) is 10.4. The van der Waals surface area contributed by atoms with E-state index in [9.17, 15) is 9.18 Å². The molecule has 1 aliphatic rings. The molecule has 0 aliphatic heterocycles. The van der Waals surface area contributed by atoms with E-state index in [1.165, 1.54) is 23.3 Å². The van der Waals surface area contributed by atoms with E-state index in [2.05, 4.69) is 39.9 Å². The van der Waals surface area contributed by atoms with Crippen LogP contribution >= 0.6 is 0 Å². The van der Waals surface area contributed by atoms with Gasteiger partial charge in [0.05, 0.1) is 6.54 Å². The predicted octanol–water partition coefficient (Wildman–Crippen LogP) is 2.20. The highest BCUT2D eigenvalue weighted by Crippen LogP contribution is 2.44. The van der Waals surface area contributed by atoms with Crippen molar-refractivity contribution in [2.24, 2.45) is 0 Å². The third-order valence-corrected chi connectivity index (χ3v) is 5.95. The van der Waals surface area contributed by atoms with Gasteiger partial charge in [-0.05, 0) is 46.0 Å². The summed E-state index contributed by atoms with van der Waals surface area (Å²) in [6.07, 6.45) is -0.575. The molecule has 1 aromatic heterocycles. The molecular weight excluding hydrogens is 467 g/mol. The highest BCUT2D eigenvalue weighted by atomic mass is 35.5. The molecule has 8 heteroatoms. The molecule has 6 nitrogen and oxygen atoms in total. The first-order chi connectivity index (χ1) is 16.6. The number of halogens is 2. The molecule has 1 amide bonds. The van der Waals surface area contributed by atoms with Crippen LogP contribution < -0.4 is 33.8 Å². The van der Waals surface area contributed by atoms with Gasteiger partial charge >= 0.3 is 6.09 Å². The van der Waals surface area contributed by atoms with Crippen LogP contribution in [-0.4, -0.2) is 12.7 Å². The third-order valence-electron chi connectivity index (χ3n) is 5.95. The third kappa shape index (κ3) is 5.20. The van der Waals surface area contributed by atoms with Crippen LogP contribution in [0.4, 0.5) is 26.5 Å². The van der Waals surface area contributed by atoms with E-state index >= 15 is 0 Å². The van der Waals surface area contributed by atoms with Gasteiger partial charge in [0.15, 0.2) is 0 Å². The molecule has 3 aromatic carbocycles. The summed E-state index contributed by atoms with van der Waals surface area (Å²) >= 11 is 0. The van der Waals surface area contributed by atoms with Gasteiger partial charge in [-0.25, -0.2) is 14.2 Å². The van der Waals surface area contributed by atoms with Gasteiger partial charge in [0.1, 0.15) is 18.1 Å². The Bertz CT molecular complexity index is 1300. The summed E-state index contributed by atoms with van der Waals surface area (Å²) < 4.78 is 18.6. The Labute approximate surface area is 208 Å². The molecule has 0 unspecified atom stereocenters. The van der Waals surface area contributed by atoms with E-state index in [1.54, 1.807) is 24.3 Å². The van der Waals surface area contributed by atoms with Crippen LogP contribution in [0.25, 0.3) is 11.1 Å². The number of aromatic amines is 1. The van der Waals surface area contributed by atoms with Crippen LogP contribution in [-0.2, 0) is 11.3 Å². The summed E-state index contributed by atoms with van der Waals surface area (Å²) in [5, 5.41) is 5.88. The number of aromatic nitrogens is 1. The number of carbonyl (C=O) groups excluding carboxylic acids is 1. The number of nitrogens with one attached hydrogen (secondary N) is 3. The molecular formula is C27H24ClFN4O2. The summed E-state index contributed by atoms with van der Waals surface area (Å²) in [7, 11) is 0. The van der Waals surface area contributed by atoms with Gasteiger partial charge < -0.3 is 28.2 Å². The number of anilines is 3. The highest BCUT2D eigenvalue weighted by molar-refractivity contribution is 5.87. The molecule has 0 spiro atoms. The Balaban J connectivity index is 0.00000289. The molecule has 0 fully saturated rings. The largest absolute Gasteiger partial charge is 1.00 e. The number of rotatable bonds is 6. The summed E-state index contributed by atoms with van der Waals surface area (Å²) in [5.74, 6) is 0.667. The molecule has 35 heavy (non-hydrogen) atoms.